The van der Waals surface area contributed by atoms with Gasteiger partial charge in [-0.05, 0) is 52.3 Å². The Morgan fingerprint density at radius 2 is 1.65 bits per heavy atom. The topological polar surface area (TPSA) is 87.7 Å². The Morgan fingerprint density at radius 3 is 2.13 bits per heavy atom. The van der Waals surface area contributed by atoms with Gasteiger partial charge in [-0.25, -0.2) is 9.59 Å². The second-order valence-corrected chi connectivity index (χ2v) is 7.12. The minimum atomic E-state index is -0.938. The average Bonchev–Trinajstić information content (AvgIpc) is 2.35. The summed E-state index contributed by atoms with van der Waals surface area (Å²) >= 11 is 0. The maximum absolute atomic E-state index is 11.8. The molecule has 6 nitrogen and oxygen atoms in total. The van der Waals surface area contributed by atoms with Crippen molar-refractivity contribution in [1.82, 2.24) is 10.6 Å². The molecular weight excluding hydrogens is 296 g/mol. The van der Waals surface area contributed by atoms with Gasteiger partial charge in [0.05, 0.1) is 11.1 Å². The van der Waals surface area contributed by atoms with Gasteiger partial charge < -0.3 is 20.5 Å². The zero-order valence-corrected chi connectivity index (χ0v) is 14.4. The summed E-state index contributed by atoms with van der Waals surface area (Å²) in [6.07, 6.45) is -0.449. The SMILES string of the molecule is CC(C)(CNCc1ccc(C(=O)O)cc1)NC(=O)OC(C)(C)C. The number of carboxylic acids is 1. The van der Waals surface area contributed by atoms with E-state index in [2.05, 4.69) is 10.6 Å². The Morgan fingerprint density at radius 1 is 1.09 bits per heavy atom. The van der Waals surface area contributed by atoms with Crippen molar-refractivity contribution in [2.75, 3.05) is 6.54 Å². The number of ether oxygens (including phenoxy) is 1. The normalized spacial score (nSPS) is 11.9. The van der Waals surface area contributed by atoms with Gasteiger partial charge in [-0.3, -0.25) is 0 Å². The molecule has 0 aliphatic carbocycles. The van der Waals surface area contributed by atoms with Crippen molar-refractivity contribution in [3.63, 3.8) is 0 Å². The summed E-state index contributed by atoms with van der Waals surface area (Å²) in [7, 11) is 0. The number of rotatable bonds is 6. The molecule has 128 valence electrons. The van der Waals surface area contributed by atoms with Crippen LogP contribution in [0.3, 0.4) is 0 Å². The Bertz CT molecular complexity index is 545. The first-order valence-electron chi connectivity index (χ1n) is 7.53. The monoisotopic (exact) mass is 322 g/mol. The average molecular weight is 322 g/mol. The van der Waals surface area contributed by atoms with Crippen molar-refractivity contribution in [3.05, 3.63) is 35.4 Å². The van der Waals surface area contributed by atoms with Gasteiger partial charge in [0, 0.05) is 13.1 Å². The lowest BCUT2D eigenvalue weighted by Gasteiger charge is -2.29. The number of aromatic carboxylic acids is 1. The van der Waals surface area contributed by atoms with E-state index < -0.39 is 23.2 Å². The van der Waals surface area contributed by atoms with E-state index in [9.17, 15) is 9.59 Å². The third-order valence-corrected chi connectivity index (χ3v) is 2.94. The first kappa shape index (κ1) is 19.0. The van der Waals surface area contributed by atoms with Crippen LogP contribution in [-0.4, -0.2) is 34.9 Å². The smallest absolute Gasteiger partial charge is 0.408 e. The lowest BCUT2D eigenvalue weighted by Crippen LogP contribution is -2.51. The van der Waals surface area contributed by atoms with Crippen LogP contribution in [0.2, 0.25) is 0 Å². The first-order chi connectivity index (χ1) is 10.5. The van der Waals surface area contributed by atoms with Crippen LogP contribution < -0.4 is 10.6 Å². The van der Waals surface area contributed by atoms with Gasteiger partial charge in [0.15, 0.2) is 0 Å². The van der Waals surface area contributed by atoms with Gasteiger partial charge in [0.1, 0.15) is 5.60 Å². The second-order valence-electron chi connectivity index (χ2n) is 7.12. The zero-order chi connectivity index (χ0) is 17.7. The molecule has 0 fully saturated rings. The number of alkyl carbamates (subject to hydrolysis) is 1. The van der Waals surface area contributed by atoms with Crippen molar-refractivity contribution in [2.24, 2.45) is 0 Å². The van der Waals surface area contributed by atoms with Gasteiger partial charge >= 0.3 is 12.1 Å². The summed E-state index contributed by atoms with van der Waals surface area (Å²) in [6, 6.07) is 6.68. The van der Waals surface area contributed by atoms with Crippen molar-refractivity contribution >= 4 is 12.1 Å². The van der Waals surface area contributed by atoms with Crippen LogP contribution in [0.25, 0.3) is 0 Å². The molecule has 23 heavy (non-hydrogen) atoms. The molecule has 3 N–H and O–H groups in total. The fourth-order valence-corrected chi connectivity index (χ4v) is 1.91. The molecule has 0 aliphatic rings. The molecule has 0 saturated heterocycles. The quantitative estimate of drug-likeness (QED) is 0.749. The molecule has 6 heteroatoms. The standard InChI is InChI=1S/C17H26N2O4/c1-16(2,3)23-15(22)19-17(4,5)11-18-10-12-6-8-13(9-7-12)14(20)21/h6-9,18H,10-11H2,1-5H3,(H,19,22)(H,20,21). The maximum atomic E-state index is 11.8. The lowest BCUT2D eigenvalue weighted by molar-refractivity contribution is 0.0471. The molecule has 0 aromatic heterocycles. The predicted octanol–water partition coefficient (Wildman–Crippen LogP) is 2.78. The Balaban J connectivity index is 2.44. The fraction of sp³-hybridized carbons (Fsp3) is 0.529. The molecule has 0 spiro atoms. The minimum absolute atomic E-state index is 0.265. The number of carbonyl (C=O) groups excluding carboxylic acids is 1. The highest BCUT2D eigenvalue weighted by Crippen LogP contribution is 2.09. The maximum Gasteiger partial charge on any atom is 0.408 e. The summed E-state index contributed by atoms with van der Waals surface area (Å²) in [5, 5.41) is 14.9. The number of carbonyl (C=O) groups is 2. The Hall–Kier alpha value is -2.08. The zero-order valence-electron chi connectivity index (χ0n) is 14.4. The van der Waals surface area contributed by atoms with Crippen LogP contribution in [0.5, 0.6) is 0 Å². The van der Waals surface area contributed by atoms with Crippen LogP contribution in [-0.2, 0) is 11.3 Å². The van der Waals surface area contributed by atoms with Crippen LogP contribution in [0.1, 0.15) is 50.5 Å². The van der Waals surface area contributed by atoms with E-state index in [4.69, 9.17) is 9.84 Å². The van der Waals surface area contributed by atoms with E-state index in [1.54, 1.807) is 24.3 Å². The molecule has 0 bridgehead atoms. The van der Waals surface area contributed by atoms with E-state index in [-0.39, 0.29) is 5.56 Å². The van der Waals surface area contributed by atoms with E-state index in [1.165, 1.54) is 0 Å². The predicted molar refractivity (Wildman–Crippen MR) is 88.6 cm³/mol. The molecule has 0 atom stereocenters. The summed E-state index contributed by atoms with van der Waals surface area (Å²) < 4.78 is 5.24. The second kappa shape index (κ2) is 7.46. The molecule has 1 aromatic rings. The largest absolute Gasteiger partial charge is 0.478 e. The Labute approximate surface area is 137 Å². The third-order valence-electron chi connectivity index (χ3n) is 2.94. The molecule has 1 amide bonds. The molecule has 0 aliphatic heterocycles. The minimum Gasteiger partial charge on any atom is -0.478 e. The number of nitrogens with one attached hydrogen (secondary N) is 2. The molecule has 0 radical (unpaired) electrons. The van der Waals surface area contributed by atoms with Gasteiger partial charge in [0.2, 0.25) is 0 Å². The van der Waals surface area contributed by atoms with Crippen LogP contribution >= 0.6 is 0 Å². The Kier molecular flexibility index (Phi) is 6.15. The fourth-order valence-electron chi connectivity index (χ4n) is 1.91. The first-order valence-corrected chi connectivity index (χ1v) is 7.53. The molecule has 1 rings (SSSR count). The van der Waals surface area contributed by atoms with E-state index in [0.717, 1.165) is 5.56 Å². The van der Waals surface area contributed by atoms with Crippen molar-refractivity contribution < 1.29 is 19.4 Å². The number of amides is 1. The highest BCUT2D eigenvalue weighted by atomic mass is 16.6. The van der Waals surface area contributed by atoms with Crippen LogP contribution in [0.15, 0.2) is 24.3 Å². The van der Waals surface area contributed by atoms with Gasteiger partial charge in [-0.15, -0.1) is 0 Å². The lowest BCUT2D eigenvalue weighted by atomic mass is 10.1. The summed E-state index contributed by atoms with van der Waals surface area (Å²) in [4.78, 5) is 22.6. The van der Waals surface area contributed by atoms with Gasteiger partial charge in [0.25, 0.3) is 0 Å². The van der Waals surface area contributed by atoms with E-state index >= 15 is 0 Å². The van der Waals surface area contributed by atoms with E-state index in [0.29, 0.717) is 13.1 Å². The summed E-state index contributed by atoms with van der Waals surface area (Å²) in [5.74, 6) is -0.938. The van der Waals surface area contributed by atoms with Gasteiger partial charge in [-0.2, -0.15) is 0 Å². The molecule has 0 heterocycles. The number of hydrogen-bond donors (Lipinski definition) is 3. The van der Waals surface area contributed by atoms with Gasteiger partial charge in [-0.1, -0.05) is 12.1 Å². The van der Waals surface area contributed by atoms with Crippen LogP contribution in [0.4, 0.5) is 4.79 Å². The highest BCUT2D eigenvalue weighted by Gasteiger charge is 2.24. The molecule has 1 aromatic carbocycles. The summed E-state index contributed by atoms with van der Waals surface area (Å²) in [6.45, 7) is 10.4. The molecular formula is C17H26N2O4. The van der Waals surface area contributed by atoms with Crippen LogP contribution in [0, 0.1) is 0 Å². The number of benzene rings is 1. The number of carboxylic acid groups (broad SMARTS) is 1. The highest BCUT2D eigenvalue weighted by molar-refractivity contribution is 5.87. The third kappa shape index (κ3) is 7.65. The molecule has 0 unspecified atom stereocenters. The van der Waals surface area contributed by atoms with E-state index in [1.807, 2.05) is 34.6 Å². The van der Waals surface area contributed by atoms with Crippen molar-refractivity contribution in [2.45, 2.75) is 52.3 Å². The number of hydrogen-bond acceptors (Lipinski definition) is 4. The molecule has 0 saturated carbocycles. The van der Waals surface area contributed by atoms with Crippen molar-refractivity contribution in [1.29, 1.82) is 0 Å². The summed E-state index contributed by atoms with van der Waals surface area (Å²) in [5.41, 5.74) is 0.242. The van der Waals surface area contributed by atoms with Crippen molar-refractivity contribution in [3.8, 4) is 0 Å².